The van der Waals surface area contributed by atoms with Crippen molar-refractivity contribution in [3.05, 3.63) is 24.3 Å². The van der Waals surface area contributed by atoms with E-state index in [9.17, 15) is 9.18 Å². The second-order valence-corrected chi connectivity index (χ2v) is 3.38. The van der Waals surface area contributed by atoms with Crippen molar-refractivity contribution in [2.75, 3.05) is 6.61 Å². The number of carboxylic acids is 1. The molecule has 0 aromatic carbocycles. The average molecular weight is 252 g/mol. The fourth-order valence-corrected chi connectivity index (χ4v) is 1.34. The monoisotopic (exact) mass is 252 g/mol. The SMILES string of the molecule is Cn1nc(OCC(=O)O)nc1-c1ccncc1F. The summed E-state index contributed by atoms with van der Waals surface area (Å²) in [5, 5.41) is 12.3. The molecular formula is C10H9FN4O3. The highest BCUT2D eigenvalue weighted by Crippen LogP contribution is 2.21. The molecule has 94 valence electrons. The van der Waals surface area contributed by atoms with Gasteiger partial charge in [-0.15, -0.1) is 5.10 Å². The Balaban J connectivity index is 2.30. The van der Waals surface area contributed by atoms with E-state index < -0.39 is 18.4 Å². The Labute approximate surface area is 101 Å². The van der Waals surface area contributed by atoms with E-state index in [2.05, 4.69) is 15.1 Å². The minimum atomic E-state index is -1.14. The topological polar surface area (TPSA) is 90.1 Å². The Kier molecular flexibility index (Phi) is 3.18. The van der Waals surface area contributed by atoms with Crippen LogP contribution in [0.1, 0.15) is 0 Å². The first-order valence-corrected chi connectivity index (χ1v) is 4.93. The van der Waals surface area contributed by atoms with Crippen LogP contribution in [0.4, 0.5) is 4.39 Å². The van der Waals surface area contributed by atoms with Gasteiger partial charge < -0.3 is 9.84 Å². The smallest absolute Gasteiger partial charge is 0.341 e. The van der Waals surface area contributed by atoms with Gasteiger partial charge in [-0.25, -0.2) is 13.9 Å². The Morgan fingerprint density at radius 2 is 2.39 bits per heavy atom. The van der Waals surface area contributed by atoms with Crippen molar-refractivity contribution in [2.24, 2.45) is 7.05 Å². The van der Waals surface area contributed by atoms with Gasteiger partial charge >= 0.3 is 12.0 Å². The first-order chi connectivity index (χ1) is 8.58. The van der Waals surface area contributed by atoms with Gasteiger partial charge in [0.15, 0.2) is 18.2 Å². The van der Waals surface area contributed by atoms with Gasteiger partial charge in [-0.2, -0.15) is 4.98 Å². The molecule has 0 saturated heterocycles. The average Bonchev–Trinajstić information content (AvgIpc) is 2.69. The summed E-state index contributed by atoms with van der Waals surface area (Å²) in [5.74, 6) is -1.45. The minimum absolute atomic E-state index is 0.119. The standard InChI is InChI=1S/C10H9FN4O3/c1-15-9(6-2-3-12-4-7(6)11)13-10(14-15)18-5-8(16)17/h2-4H,5H2,1H3,(H,16,17). The molecule has 0 spiro atoms. The summed E-state index contributed by atoms with van der Waals surface area (Å²) >= 11 is 0. The summed E-state index contributed by atoms with van der Waals surface area (Å²) in [6.45, 7) is -0.553. The van der Waals surface area contributed by atoms with E-state index in [1.54, 1.807) is 7.05 Å². The van der Waals surface area contributed by atoms with E-state index in [0.717, 1.165) is 6.20 Å². The number of aryl methyl sites for hydroxylation is 1. The van der Waals surface area contributed by atoms with Crippen LogP contribution >= 0.6 is 0 Å². The van der Waals surface area contributed by atoms with Gasteiger partial charge in [-0.3, -0.25) is 4.98 Å². The molecule has 0 aliphatic carbocycles. The number of ether oxygens (including phenoxy) is 1. The fraction of sp³-hybridized carbons (Fsp3) is 0.200. The molecule has 18 heavy (non-hydrogen) atoms. The first-order valence-electron chi connectivity index (χ1n) is 4.93. The molecule has 0 bridgehead atoms. The second-order valence-electron chi connectivity index (χ2n) is 3.38. The number of rotatable bonds is 4. The van der Waals surface area contributed by atoms with Crippen LogP contribution in [-0.4, -0.2) is 37.4 Å². The number of hydrogen-bond acceptors (Lipinski definition) is 5. The third-order valence-corrected chi connectivity index (χ3v) is 2.08. The van der Waals surface area contributed by atoms with Crippen molar-refractivity contribution < 1.29 is 19.0 Å². The summed E-state index contributed by atoms with van der Waals surface area (Å²) in [4.78, 5) is 17.9. The predicted octanol–water partition coefficient (Wildman–Crippen LogP) is 0.480. The maximum absolute atomic E-state index is 13.5. The first kappa shape index (κ1) is 12.0. The van der Waals surface area contributed by atoms with Crippen molar-refractivity contribution in [3.63, 3.8) is 0 Å². The van der Waals surface area contributed by atoms with E-state index in [-0.39, 0.29) is 17.4 Å². The quantitative estimate of drug-likeness (QED) is 0.851. The number of nitrogens with zero attached hydrogens (tertiary/aromatic N) is 4. The highest BCUT2D eigenvalue weighted by molar-refractivity contribution is 5.68. The van der Waals surface area contributed by atoms with Crippen molar-refractivity contribution >= 4 is 5.97 Å². The van der Waals surface area contributed by atoms with Crippen LogP contribution < -0.4 is 4.74 Å². The normalized spacial score (nSPS) is 10.3. The lowest BCUT2D eigenvalue weighted by molar-refractivity contribution is -0.139. The Morgan fingerprint density at radius 3 is 3.06 bits per heavy atom. The number of aromatic nitrogens is 4. The van der Waals surface area contributed by atoms with Gasteiger partial charge in [0.05, 0.1) is 11.8 Å². The van der Waals surface area contributed by atoms with Gasteiger partial charge in [0, 0.05) is 13.2 Å². The Hall–Kier alpha value is -2.51. The molecule has 0 aliphatic rings. The number of hydrogen-bond donors (Lipinski definition) is 1. The molecule has 2 aromatic heterocycles. The molecule has 0 amide bonds. The molecule has 0 saturated carbocycles. The molecule has 0 aliphatic heterocycles. The molecule has 0 fully saturated rings. The zero-order valence-corrected chi connectivity index (χ0v) is 9.37. The zero-order chi connectivity index (χ0) is 13.1. The summed E-state index contributed by atoms with van der Waals surface area (Å²) in [5.41, 5.74) is 0.213. The molecule has 0 unspecified atom stereocenters. The van der Waals surface area contributed by atoms with E-state index >= 15 is 0 Å². The highest BCUT2D eigenvalue weighted by atomic mass is 19.1. The number of aliphatic carboxylic acids is 1. The van der Waals surface area contributed by atoms with Crippen LogP contribution in [0.25, 0.3) is 11.4 Å². The van der Waals surface area contributed by atoms with E-state index in [1.807, 2.05) is 0 Å². The molecule has 1 N–H and O–H groups in total. The summed E-state index contributed by atoms with van der Waals surface area (Å²) in [6.07, 6.45) is 2.48. The number of halogens is 1. The van der Waals surface area contributed by atoms with Gasteiger partial charge in [0.25, 0.3) is 0 Å². The van der Waals surface area contributed by atoms with E-state index in [4.69, 9.17) is 9.84 Å². The molecule has 2 aromatic rings. The van der Waals surface area contributed by atoms with Crippen molar-refractivity contribution in [1.29, 1.82) is 0 Å². The Morgan fingerprint density at radius 1 is 1.61 bits per heavy atom. The fourth-order valence-electron chi connectivity index (χ4n) is 1.34. The van der Waals surface area contributed by atoms with Gasteiger partial charge in [-0.05, 0) is 6.07 Å². The number of carbonyl (C=O) groups is 1. The number of pyridine rings is 1. The van der Waals surface area contributed by atoms with Crippen LogP contribution in [0, 0.1) is 5.82 Å². The zero-order valence-electron chi connectivity index (χ0n) is 9.37. The lowest BCUT2D eigenvalue weighted by Crippen LogP contribution is -2.10. The van der Waals surface area contributed by atoms with Gasteiger partial charge in [0.2, 0.25) is 0 Å². The summed E-state index contributed by atoms with van der Waals surface area (Å²) in [7, 11) is 1.55. The molecule has 8 heteroatoms. The van der Waals surface area contributed by atoms with Crippen molar-refractivity contribution in [2.45, 2.75) is 0 Å². The van der Waals surface area contributed by atoms with E-state index in [0.29, 0.717) is 0 Å². The van der Waals surface area contributed by atoms with Crippen LogP contribution in [0.3, 0.4) is 0 Å². The maximum atomic E-state index is 13.5. The highest BCUT2D eigenvalue weighted by Gasteiger charge is 2.14. The Bertz CT molecular complexity index is 584. The van der Waals surface area contributed by atoms with Crippen molar-refractivity contribution in [3.8, 4) is 17.4 Å². The van der Waals surface area contributed by atoms with Gasteiger partial charge in [-0.1, -0.05) is 0 Å². The molecule has 7 nitrogen and oxygen atoms in total. The molecule has 0 radical (unpaired) electrons. The second kappa shape index (κ2) is 4.78. The van der Waals surface area contributed by atoms with Crippen LogP contribution in [0.15, 0.2) is 18.5 Å². The molecule has 0 atom stereocenters. The molecule has 2 heterocycles. The third kappa shape index (κ3) is 2.42. The summed E-state index contributed by atoms with van der Waals surface area (Å²) in [6, 6.07) is 1.33. The summed E-state index contributed by atoms with van der Waals surface area (Å²) < 4.78 is 19.6. The lowest BCUT2D eigenvalue weighted by atomic mass is 10.2. The van der Waals surface area contributed by atoms with Crippen molar-refractivity contribution in [1.82, 2.24) is 19.7 Å². The van der Waals surface area contributed by atoms with Gasteiger partial charge in [0.1, 0.15) is 0 Å². The number of carboxylic acid groups (broad SMARTS) is 1. The largest absolute Gasteiger partial charge is 0.479 e. The molecule has 2 rings (SSSR count). The maximum Gasteiger partial charge on any atom is 0.341 e. The van der Waals surface area contributed by atoms with Crippen LogP contribution in [0.2, 0.25) is 0 Å². The minimum Gasteiger partial charge on any atom is -0.479 e. The predicted molar refractivity (Wildman–Crippen MR) is 57.3 cm³/mol. The molecular weight excluding hydrogens is 243 g/mol. The van der Waals surface area contributed by atoms with Crippen LogP contribution in [0.5, 0.6) is 6.01 Å². The third-order valence-electron chi connectivity index (χ3n) is 2.08. The van der Waals surface area contributed by atoms with Crippen LogP contribution in [-0.2, 0) is 11.8 Å². The van der Waals surface area contributed by atoms with E-state index in [1.165, 1.54) is 16.9 Å². The lowest BCUT2D eigenvalue weighted by Gasteiger charge is -1.99.